The Kier molecular flexibility index (Phi) is 6.32. The predicted molar refractivity (Wildman–Crippen MR) is 126 cm³/mol. The second-order valence-electron chi connectivity index (χ2n) is 7.95. The molecule has 1 aliphatic rings. The molecule has 0 saturated carbocycles. The van der Waals surface area contributed by atoms with E-state index in [0.29, 0.717) is 30.4 Å². The van der Waals surface area contributed by atoms with Gasteiger partial charge in [-0.3, -0.25) is 9.59 Å². The zero-order valence-electron chi connectivity index (χ0n) is 18.0. The van der Waals surface area contributed by atoms with Gasteiger partial charge in [0.15, 0.2) is 5.78 Å². The molecule has 0 saturated heterocycles. The maximum absolute atomic E-state index is 13.0. The van der Waals surface area contributed by atoms with Crippen LogP contribution >= 0.6 is 0 Å². The first-order chi connectivity index (χ1) is 15.6. The second-order valence-corrected chi connectivity index (χ2v) is 7.95. The minimum Gasteiger partial charge on any atom is -0.381 e. The summed E-state index contributed by atoms with van der Waals surface area (Å²) in [7, 11) is 0. The molecular formula is C27H25N3O2. The zero-order valence-corrected chi connectivity index (χ0v) is 18.0. The van der Waals surface area contributed by atoms with E-state index in [0.717, 1.165) is 16.9 Å². The van der Waals surface area contributed by atoms with Gasteiger partial charge in [-0.25, -0.2) is 0 Å². The fourth-order valence-electron chi connectivity index (χ4n) is 4.30. The first-order valence-corrected chi connectivity index (χ1v) is 10.9. The fraction of sp³-hybridized carbons (Fsp3) is 0.222. The van der Waals surface area contributed by atoms with E-state index in [2.05, 4.69) is 11.4 Å². The summed E-state index contributed by atoms with van der Waals surface area (Å²) in [6.45, 7) is 1.87. The van der Waals surface area contributed by atoms with Gasteiger partial charge < -0.3 is 10.2 Å². The van der Waals surface area contributed by atoms with Gasteiger partial charge in [-0.15, -0.1) is 0 Å². The highest BCUT2D eigenvalue weighted by molar-refractivity contribution is 5.97. The second kappa shape index (κ2) is 9.49. The van der Waals surface area contributed by atoms with Gasteiger partial charge in [0.2, 0.25) is 5.91 Å². The highest BCUT2D eigenvalue weighted by Gasteiger charge is 2.34. The number of hydrogen-bond acceptors (Lipinski definition) is 4. The summed E-state index contributed by atoms with van der Waals surface area (Å²) in [6, 6.07) is 26.2. The van der Waals surface area contributed by atoms with Crippen molar-refractivity contribution < 1.29 is 9.59 Å². The highest BCUT2D eigenvalue weighted by atomic mass is 16.2. The van der Waals surface area contributed by atoms with Crippen molar-refractivity contribution >= 4 is 23.1 Å². The van der Waals surface area contributed by atoms with Crippen LogP contribution in [0, 0.1) is 11.3 Å². The number of nitrogens with one attached hydrogen (secondary N) is 1. The number of rotatable bonds is 6. The maximum Gasteiger partial charge on any atom is 0.227 e. The molecule has 2 atom stereocenters. The largest absolute Gasteiger partial charge is 0.381 e. The van der Waals surface area contributed by atoms with Gasteiger partial charge in [-0.05, 0) is 42.3 Å². The van der Waals surface area contributed by atoms with E-state index in [9.17, 15) is 9.59 Å². The Morgan fingerprint density at radius 3 is 2.38 bits per heavy atom. The molecular weight excluding hydrogens is 398 g/mol. The lowest BCUT2D eigenvalue weighted by Crippen LogP contribution is -2.41. The molecule has 1 amide bonds. The number of fused-ring (bicyclic) bond motifs is 1. The fourth-order valence-corrected chi connectivity index (χ4v) is 4.30. The number of benzene rings is 3. The Morgan fingerprint density at radius 2 is 1.69 bits per heavy atom. The van der Waals surface area contributed by atoms with Crippen LogP contribution in [0.2, 0.25) is 0 Å². The maximum atomic E-state index is 13.0. The van der Waals surface area contributed by atoms with Crippen LogP contribution in [0.15, 0.2) is 78.9 Å². The van der Waals surface area contributed by atoms with Gasteiger partial charge in [0.25, 0.3) is 0 Å². The lowest BCUT2D eigenvalue weighted by atomic mass is 9.88. The molecule has 5 nitrogen and oxygen atoms in total. The number of Topliss-reactive ketones (excluding diaryl/α,β-unsaturated/α-hetero) is 1. The quantitative estimate of drug-likeness (QED) is 0.531. The van der Waals surface area contributed by atoms with E-state index >= 15 is 0 Å². The SMILES string of the molecule is CCC(=O)N(c1ccccc1)C1CC(CC(=O)c2ccc(C#N)cc2)Nc2ccccc21. The first-order valence-electron chi connectivity index (χ1n) is 10.9. The molecule has 160 valence electrons. The van der Waals surface area contributed by atoms with Crippen LogP contribution in [0.5, 0.6) is 0 Å². The minimum atomic E-state index is -0.166. The molecule has 0 bridgehead atoms. The molecule has 0 aliphatic carbocycles. The summed E-state index contributed by atoms with van der Waals surface area (Å²) < 4.78 is 0. The van der Waals surface area contributed by atoms with Crippen LogP contribution in [0.25, 0.3) is 0 Å². The average Bonchev–Trinajstić information content (AvgIpc) is 2.84. The molecule has 0 fully saturated rings. The van der Waals surface area contributed by atoms with Gasteiger partial charge in [0.05, 0.1) is 17.7 Å². The van der Waals surface area contributed by atoms with Crippen LogP contribution in [0.3, 0.4) is 0 Å². The average molecular weight is 424 g/mol. The Bertz CT molecular complexity index is 1150. The summed E-state index contributed by atoms with van der Waals surface area (Å²) in [5.74, 6) is 0.0632. The van der Waals surface area contributed by atoms with Crippen LogP contribution in [-0.4, -0.2) is 17.7 Å². The topological polar surface area (TPSA) is 73.2 Å². The third kappa shape index (κ3) is 4.40. The molecule has 1 heterocycles. The lowest BCUT2D eigenvalue weighted by Gasteiger charge is -2.39. The normalized spacial score (nSPS) is 16.9. The lowest BCUT2D eigenvalue weighted by molar-refractivity contribution is -0.118. The van der Waals surface area contributed by atoms with Crippen molar-refractivity contribution in [3.05, 3.63) is 95.6 Å². The third-order valence-corrected chi connectivity index (χ3v) is 5.87. The van der Waals surface area contributed by atoms with Gasteiger partial charge >= 0.3 is 0 Å². The van der Waals surface area contributed by atoms with Crippen molar-refractivity contribution in [2.75, 3.05) is 10.2 Å². The number of hydrogen-bond donors (Lipinski definition) is 1. The Balaban J connectivity index is 1.64. The number of anilines is 2. The number of ketones is 1. The molecule has 1 aliphatic heterocycles. The molecule has 1 N–H and O–H groups in total. The predicted octanol–water partition coefficient (Wildman–Crippen LogP) is 5.50. The van der Waals surface area contributed by atoms with Crippen molar-refractivity contribution in [3.8, 4) is 6.07 Å². The van der Waals surface area contributed by atoms with Crippen molar-refractivity contribution in [2.45, 2.75) is 38.3 Å². The van der Waals surface area contributed by atoms with Crippen LogP contribution < -0.4 is 10.2 Å². The number of carbonyl (C=O) groups excluding carboxylic acids is 2. The third-order valence-electron chi connectivity index (χ3n) is 5.87. The van der Waals surface area contributed by atoms with E-state index < -0.39 is 0 Å². The number of carbonyl (C=O) groups is 2. The highest BCUT2D eigenvalue weighted by Crippen LogP contribution is 2.40. The van der Waals surface area contributed by atoms with Crippen LogP contribution in [0.1, 0.15) is 53.7 Å². The Hall–Kier alpha value is -3.91. The Labute approximate surface area is 188 Å². The molecule has 32 heavy (non-hydrogen) atoms. The number of nitrogens with zero attached hydrogens (tertiary/aromatic N) is 2. The summed E-state index contributed by atoms with van der Waals surface area (Å²) in [4.78, 5) is 27.9. The van der Waals surface area contributed by atoms with E-state index in [4.69, 9.17) is 5.26 Å². The summed E-state index contributed by atoms with van der Waals surface area (Å²) in [5.41, 5.74) is 3.98. The van der Waals surface area contributed by atoms with Crippen molar-refractivity contribution in [1.82, 2.24) is 0 Å². The van der Waals surface area contributed by atoms with E-state index in [1.807, 2.05) is 66.4 Å². The molecule has 3 aromatic carbocycles. The molecule has 0 spiro atoms. The molecule has 0 aromatic heterocycles. The van der Waals surface area contributed by atoms with Crippen molar-refractivity contribution in [1.29, 1.82) is 5.26 Å². The number of para-hydroxylation sites is 2. The van der Waals surface area contributed by atoms with Crippen LogP contribution in [0.4, 0.5) is 11.4 Å². The number of amides is 1. The minimum absolute atomic E-state index is 0.0122. The van der Waals surface area contributed by atoms with Crippen molar-refractivity contribution in [2.24, 2.45) is 0 Å². The van der Waals surface area contributed by atoms with Gasteiger partial charge in [-0.1, -0.05) is 55.5 Å². The summed E-state index contributed by atoms with van der Waals surface area (Å²) >= 11 is 0. The molecule has 2 unspecified atom stereocenters. The van der Waals surface area contributed by atoms with Crippen LogP contribution in [-0.2, 0) is 4.79 Å². The molecule has 4 rings (SSSR count). The smallest absolute Gasteiger partial charge is 0.227 e. The molecule has 0 radical (unpaired) electrons. The molecule has 3 aromatic rings. The number of nitriles is 1. The monoisotopic (exact) mass is 423 g/mol. The van der Waals surface area contributed by atoms with E-state index in [1.54, 1.807) is 24.3 Å². The van der Waals surface area contributed by atoms with Gasteiger partial charge in [-0.2, -0.15) is 5.26 Å². The molecule has 5 heteroatoms. The zero-order chi connectivity index (χ0) is 22.5. The standard InChI is InChI=1S/C27H25N3O2/c1-2-27(32)30(22-8-4-3-5-9-22)25-16-21(29-24-11-7-6-10-23(24)25)17-26(31)20-14-12-19(18-28)13-15-20/h3-15,21,25,29H,2,16-17H2,1H3. The summed E-state index contributed by atoms with van der Waals surface area (Å²) in [6.07, 6.45) is 1.33. The van der Waals surface area contributed by atoms with E-state index in [-0.39, 0.29) is 23.8 Å². The van der Waals surface area contributed by atoms with Crippen molar-refractivity contribution in [3.63, 3.8) is 0 Å². The Morgan fingerprint density at radius 1 is 1.00 bits per heavy atom. The first kappa shape index (κ1) is 21.3. The van der Waals surface area contributed by atoms with Gasteiger partial charge in [0.1, 0.15) is 0 Å². The van der Waals surface area contributed by atoms with E-state index in [1.165, 1.54) is 0 Å². The summed E-state index contributed by atoms with van der Waals surface area (Å²) in [5, 5.41) is 12.5. The van der Waals surface area contributed by atoms with Gasteiger partial charge in [0, 0.05) is 35.8 Å².